The van der Waals surface area contributed by atoms with Crippen LogP contribution in [0.5, 0.6) is 0 Å². The molecule has 0 aliphatic heterocycles. The Hall–Kier alpha value is -0.0105. The molecule has 0 aliphatic carbocycles. The van der Waals surface area contributed by atoms with Gasteiger partial charge in [-0.1, -0.05) is 0 Å². The minimum absolute atomic E-state index is 0. The zero-order valence-corrected chi connectivity index (χ0v) is 2.94. The van der Waals surface area contributed by atoms with Crippen LogP contribution in [-0.2, 0) is 21.9 Å². The fraction of sp³-hybridized carbons (Fsp3) is 0. The van der Waals surface area contributed by atoms with E-state index in [4.69, 9.17) is 4.79 Å². The fourth-order valence-corrected chi connectivity index (χ4v) is 0. The molecule has 0 fully saturated rings. The van der Waals surface area contributed by atoms with E-state index in [1.165, 1.54) is 0 Å². The van der Waals surface area contributed by atoms with Crippen molar-refractivity contribution in [2.45, 2.75) is 0 Å². The van der Waals surface area contributed by atoms with Crippen molar-refractivity contribution in [1.82, 2.24) is 0 Å². The summed E-state index contributed by atoms with van der Waals surface area (Å²) in [6.45, 7) is 0. The summed E-state index contributed by atoms with van der Waals surface area (Å²) in [6.07, 6.45) is 1.00. The molecule has 0 rings (SSSR count). The van der Waals surface area contributed by atoms with Crippen molar-refractivity contribution in [2.75, 3.05) is 0 Å². The molecule has 0 aliphatic rings. The van der Waals surface area contributed by atoms with Gasteiger partial charge in [0.15, 0.2) is 0 Å². The molecule has 0 unspecified atom stereocenters. The first kappa shape index (κ1) is 9.01. The van der Waals surface area contributed by atoms with E-state index in [0.29, 0.717) is 0 Å². The number of amides is 1. The maximum absolute atomic E-state index is 8.46. The molecule has 0 aromatic carbocycles. The Bertz CT molecular complexity index is 15.5. The third kappa shape index (κ3) is 17600. The molecule has 0 atom stereocenters. The van der Waals surface area contributed by atoms with Crippen LogP contribution in [0.15, 0.2) is 0 Å². The number of carbonyl (C=O) groups excluding carboxylic acids is 1. The molecule has 26 valence electrons. The quantitative estimate of drug-likeness (QED) is 0.237. The summed E-state index contributed by atoms with van der Waals surface area (Å²) in [5.74, 6) is 0. The van der Waals surface area contributed by atoms with E-state index in [1.54, 1.807) is 0 Å². The predicted octanol–water partition coefficient (Wildman–Crippen LogP) is -0.990. The fourth-order valence-electron chi connectivity index (χ4n) is 0. The summed E-state index contributed by atoms with van der Waals surface area (Å²) >= 11 is 0. The Morgan fingerprint density at radius 3 is 1.75 bits per heavy atom. The monoisotopic (exact) mass is 99.9 g/mol. The van der Waals surface area contributed by atoms with Crippen LogP contribution in [0.25, 0.3) is 0 Å². The molecule has 0 aromatic heterocycles. The SMILES string of the molecule is N[C-]=O.[Fe]. The Morgan fingerprint density at radius 1 is 1.75 bits per heavy atom. The van der Waals surface area contributed by atoms with Gasteiger partial charge < -0.3 is 10.5 Å². The number of nitrogens with two attached hydrogens (primary N) is 1. The molecule has 0 spiro atoms. The van der Waals surface area contributed by atoms with Crippen molar-refractivity contribution in [1.29, 1.82) is 0 Å². The zero-order valence-electron chi connectivity index (χ0n) is 1.84. The summed E-state index contributed by atoms with van der Waals surface area (Å²) in [4.78, 5) is 8.46. The van der Waals surface area contributed by atoms with Crippen LogP contribution in [-0.4, -0.2) is 6.41 Å². The van der Waals surface area contributed by atoms with E-state index in [-0.39, 0.29) is 17.1 Å². The van der Waals surface area contributed by atoms with Crippen LogP contribution in [0.3, 0.4) is 0 Å². The second-order valence-corrected chi connectivity index (χ2v) is 0.118. The summed E-state index contributed by atoms with van der Waals surface area (Å²) in [6, 6.07) is 0. The van der Waals surface area contributed by atoms with Gasteiger partial charge in [-0.05, 0) is 0 Å². The van der Waals surface area contributed by atoms with Gasteiger partial charge in [0.05, 0.1) is 0 Å². The molecule has 2 nitrogen and oxygen atoms in total. The first-order chi connectivity index (χ1) is 1.41. The van der Waals surface area contributed by atoms with Crippen LogP contribution < -0.4 is 5.73 Å². The minimum Gasteiger partial charge on any atom is -0.543 e. The maximum Gasteiger partial charge on any atom is 0 e. The first-order valence-electron chi connectivity index (χ1n) is 0.493. The van der Waals surface area contributed by atoms with E-state index >= 15 is 0 Å². The molecule has 2 N–H and O–H groups in total. The smallest absolute Gasteiger partial charge is 0 e. The van der Waals surface area contributed by atoms with Gasteiger partial charge in [-0.3, -0.25) is 0 Å². The average molecular weight is 99.9 g/mol. The molecular formula is CH2FeNO-. The van der Waals surface area contributed by atoms with Gasteiger partial charge in [0.1, 0.15) is 0 Å². The largest absolute Gasteiger partial charge is 0.543 e. The van der Waals surface area contributed by atoms with E-state index in [9.17, 15) is 0 Å². The van der Waals surface area contributed by atoms with Gasteiger partial charge in [-0.15, -0.1) is 0 Å². The van der Waals surface area contributed by atoms with E-state index in [1.807, 2.05) is 0 Å². The van der Waals surface area contributed by atoms with Crippen molar-refractivity contribution < 1.29 is 21.9 Å². The van der Waals surface area contributed by atoms with Gasteiger partial charge in [0, 0.05) is 17.1 Å². The first-order valence-corrected chi connectivity index (χ1v) is 0.493. The molecule has 1 amide bonds. The van der Waals surface area contributed by atoms with Crippen LogP contribution in [0.1, 0.15) is 0 Å². The molecule has 0 saturated carbocycles. The summed E-state index contributed by atoms with van der Waals surface area (Å²) in [5, 5.41) is 0. The second kappa shape index (κ2) is 12.1. The molecular weight excluding hydrogens is 97.9 g/mol. The summed E-state index contributed by atoms with van der Waals surface area (Å²) < 4.78 is 0. The maximum atomic E-state index is 8.46. The Morgan fingerprint density at radius 2 is 1.75 bits per heavy atom. The van der Waals surface area contributed by atoms with Gasteiger partial charge in [0.2, 0.25) is 0 Å². The molecule has 3 heteroatoms. The van der Waals surface area contributed by atoms with Crippen molar-refractivity contribution in [2.24, 2.45) is 5.73 Å². The van der Waals surface area contributed by atoms with E-state index in [2.05, 4.69) is 5.73 Å². The van der Waals surface area contributed by atoms with Crippen molar-refractivity contribution >= 4 is 6.41 Å². The normalized spacial score (nSPS) is 3.00. The van der Waals surface area contributed by atoms with Gasteiger partial charge in [-0.25, -0.2) is 0 Å². The van der Waals surface area contributed by atoms with Crippen LogP contribution in [0, 0.1) is 0 Å². The van der Waals surface area contributed by atoms with E-state index in [0.717, 1.165) is 6.41 Å². The zero-order chi connectivity index (χ0) is 2.71. The Balaban J connectivity index is 0. The van der Waals surface area contributed by atoms with Crippen molar-refractivity contribution in [3.8, 4) is 0 Å². The van der Waals surface area contributed by atoms with Gasteiger partial charge in [0.25, 0.3) is 0 Å². The van der Waals surface area contributed by atoms with Crippen LogP contribution in [0.2, 0.25) is 0 Å². The standard InChI is InChI=1S/CH2NO.Fe/c2-1-3;/h(H2,2,3);/q-1;. The van der Waals surface area contributed by atoms with Crippen molar-refractivity contribution in [3.63, 3.8) is 0 Å². The van der Waals surface area contributed by atoms with Gasteiger partial charge >= 0.3 is 0 Å². The second-order valence-electron chi connectivity index (χ2n) is 0.118. The molecule has 0 aromatic rings. The summed E-state index contributed by atoms with van der Waals surface area (Å²) in [5.41, 5.74) is 4.04. The molecule has 0 saturated heterocycles. The predicted molar refractivity (Wildman–Crippen MR) is 9.88 cm³/mol. The average Bonchev–Trinajstić information content (AvgIpc) is 0.918. The van der Waals surface area contributed by atoms with Crippen LogP contribution >= 0.6 is 0 Å². The van der Waals surface area contributed by atoms with Crippen molar-refractivity contribution in [3.05, 3.63) is 0 Å². The molecule has 0 bridgehead atoms. The third-order valence-electron chi connectivity index (χ3n) is 0. The number of primary amides is 1. The Labute approximate surface area is 34.8 Å². The Kier molecular flexibility index (Phi) is 27.2. The minimum atomic E-state index is 0. The molecule has 4 heavy (non-hydrogen) atoms. The number of hydrogen-bond acceptors (Lipinski definition) is 1. The summed E-state index contributed by atoms with van der Waals surface area (Å²) in [7, 11) is 0. The van der Waals surface area contributed by atoms with E-state index < -0.39 is 0 Å². The number of hydrogen-bond donors (Lipinski definition) is 1. The number of rotatable bonds is 0. The third-order valence-corrected chi connectivity index (χ3v) is 0. The molecule has 0 radical (unpaired) electrons. The topological polar surface area (TPSA) is 43.1 Å². The molecule has 0 heterocycles. The van der Waals surface area contributed by atoms with Crippen LogP contribution in [0.4, 0.5) is 0 Å². The van der Waals surface area contributed by atoms with Gasteiger partial charge in [-0.2, -0.15) is 6.41 Å².